The van der Waals surface area contributed by atoms with E-state index in [1.807, 2.05) is 57.2 Å². The summed E-state index contributed by atoms with van der Waals surface area (Å²) >= 11 is 6.29. The van der Waals surface area contributed by atoms with Gasteiger partial charge in [-0.05, 0) is 55.7 Å². The van der Waals surface area contributed by atoms with Gasteiger partial charge in [-0.15, -0.1) is 0 Å². The number of hydrogen-bond acceptors (Lipinski definition) is 4. The first-order valence-corrected chi connectivity index (χ1v) is 8.54. The average Bonchev–Trinajstić information content (AvgIpc) is 2.58. The molecule has 0 atom stereocenters. The molecule has 0 radical (unpaired) electrons. The van der Waals surface area contributed by atoms with Crippen molar-refractivity contribution in [2.75, 3.05) is 10.6 Å². The summed E-state index contributed by atoms with van der Waals surface area (Å²) in [6.07, 6.45) is 2.95. The second-order valence-corrected chi connectivity index (χ2v) is 6.58. The van der Waals surface area contributed by atoms with Crippen LogP contribution in [0.3, 0.4) is 0 Å². The van der Waals surface area contributed by atoms with Crippen LogP contribution < -0.4 is 10.6 Å². The number of benzene rings is 2. The lowest BCUT2D eigenvalue weighted by atomic mass is 10.1. The Kier molecular flexibility index (Phi) is 5.19. The minimum absolute atomic E-state index is 0.240. The first kappa shape index (κ1) is 17.9. The van der Waals surface area contributed by atoms with Gasteiger partial charge >= 0.3 is 0 Å². The number of anilines is 3. The van der Waals surface area contributed by atoms with E-state index in [0.717, 1.165) is 28.1 Å². The SMILES string of the molecule is Cc1cccc(NC(=O)c2cnc(Nc3c(C)cc(C)cc3Cl)cn2)c1. The van der Waals surface area contributed by atoms with E-state index in [2.05, 4.69) is 20.6 Å². The first-order valence-electron chi connectivity index (χ1n) is 8.16. The van der Waals surface area contributed by atoms with Crippen molar-refractivity contribution in [3.05, 3.63) is 76.2 Å². The van der Waals surface area contributed by atoms with E-state index in [-0.39, 0.29) is 11.6 Å². The van der Waals surface area contributed by atoms with Crippen LogP contribution in [0.5, 0.6) is 0 Å². The monoisotopic (exact) mass is 366 g/mol. The fraction of sp³-hybridized carbons (Fsp3) is 0.150. The molecule has 1 aromatic heterocycles. The van der Waals surface area contributed by atoms with Gasteiger partial charge in [0.1, 0.15) is 11.5 Å². The van der Waals surface area contributed by atoms with Gasteiger partial charge in [0.2, 0.25) is 0 Å². The molecule has 1 amide bonds. The molecule has 2 N–H and O–H groups in total. The molecule has 0 aliphatic carbocycles. The highest BCUT2D eigenvalue weighted by Crippen LogP contribution is 2.29. The van der Waals surface area contributed by atoms with Crippen LogP contribution in [-0.4, -0.2) is 15.9 Å². The maximum absolute atomic E-state index is 12.3. The van der Waals surface area contributed by atoms with E-state index in [1.54, 1.807) is 0 Å². The lowest BCUT2D eigenvalue weighted by Crippen LogP contribution is -2.14. The molecule has 26 heavy (non-hydrogen) atoms. The Balaban J connectivity index is 1.73. The van der Waals surface area contributed by atoms with Crippen LogP contribution in [0.1, 0.15) is 27.2 Å². The van der Waals surface area contributed by atoms with Gasteiger partial charge in [-0.2, -0.15) is 0 Å². The van der Waals surface area contributed by atoms with Gasteiger partial charge in [0.15, 0.2) is 0 Å². The summed E-state index contributed by atoms with van der Waals surface area (Å²) in [5.74, 6) is 0.213. The summed E-state index contributed by atoms with van der Waals surface area (Å²) in [5, 5.41) is 6.58. The number of nitrogens with one attached hydrogen (secondary N) is 2. The van der Waals surface area contributed by atoms with Crippen LogP contribution in [0.15, 0.2) is 48.8 Å². The molecule has 5 nitrogen and oxygen atoms in total. The highest BCUT2D eigenvalue weighted by atomic mass is 35.5. The number of rotatable bonds is 4. The van der Waals surface area contributed by atoms with E-state index < -0.39 is 0 Å². The predicted molar refractivity (Wildman–Crippen MR) is 105 cm³/mol. The molecule has 2 aromatic carbocycles. The highest BCUT2D eigenvalue weighted by molar-refractivity contribution is 6.33. The lowest BCUT2D eigenvalue weighted by Gasteiger charge is -2.12. The molecule has 3 rings (SSSR count). The Morgan fingerprint density at radius 3 is 2.46 bits per heavy atom. The van der Waals surface area contributed by atoms with Gasteiger partial charge < -0.3 is 10.6 Å². The molecule has 0 bridgehead atoms. The zero-order valence-corrected chi connectivity index (χ0v) is 15.6. The van der Waals surface area contributed by atoms with Crippen molar-refractivity contribution in [3.63, 3.8) is 0 Å². The Morgan fingerprint density at radius 1 is 1.00 bits per heavy atom. The van der Waals surface area contributed by atoms with Gasteiger partial charge in [-0.3, -0.25) is 4.79 Å². The van der Waals surface area contributed by atoms with Crippen LogP contribution in [0, 0.1) is 20.8 Å². The van der Waals surface area contributed by atoms with Gasteiger partial charge in [-0.1, -0.05) is 29.8 Å². The number of carbonyl (C=O) groups excluding carboxylic acids is 1. The van der Waals surface area contributed by atoms with Gasteiger partial charge in [0, 0.05) is 5.69 Å². The molecule has 0 fully saturated rings. The Labute approximate surface area is 157 Å². The summed E-state index contributed by atoms with van der Waals surface area (Å²) in [7, 11) is 0. The number of amides is 1. The quantitative estimate of drug-likeness (QED) is 0.678. The second-order valence-electron chi connectivity index (χ2n) is 6.17. The first-order chi connectivity index (χ1) is 12.4. The Hall–Kier alpha value is -2.92. The summed E-state index contributed by atoms with van der Waals surface area (Å²) < 4.78 is 0. The van der Waals surface area contributed by atoms with Crippen molar-refractivity contribution in [3.8, 4) is 0 Å². The number of aromatic nitrogens is 2. The van der Waals surface area contributed by atoms with Crippen LogP contribution in [0.25, 0.3) is 0 Å². The smallest absolute Gasteiger partial charge is 0.275 e. The standard InChI is InChI=1S/C20H19ClN4O/c1-12-5-4-6-15(8-12)24-20(26)17-10-23-18(11-22-17)25-19-14(3)7-13(2)9-16(19)21/h4-11H,1-3H3,(H,23,25)(H,24,26). The lowest BCUT2D eigenvalue weighted by molar-refractivity contribution is 0.102. The predicted octanol–water partition coefficient (Wildman–Crippen LogP) is 5.05. The maximum atomic E-state index is 12.3. The minimum Gasteiger partial charge on any atom is -0.338 e. The third-order valence-electron chi connectivity index (χ3n) is 3.85. The molecule has 6 heteroatoms. The van der Waals surface area contributed by atoms with Crippen LogP contribution in [0.4, 0.5) is 17.2 Å². The molecule has 0 saturated carbocycles. The number of aryl methyl sites for hydroxylation is 3. The largest absolute Gasteiger partial charge is 0.338 e. The second kappa shape index (κ2) is 7.54. The highest BCUT2D eigenvalue weighted by Gasteiger charge is 2.10. The number of halogens is 1. The fourth-order valence-corrected chi connectivity index (χ4v) is 3.00. The normalized spacial score (nSPS) is 10.5. The zero-order chi connectivity index (χ0) is 18.7. The van der Waals surface area contributed by atoms with Crippen LogP contribution in [0.2, 0.25) is 5.02 Å². The molecular weight excluding hydrogens is 348 g/mol. The van der Waals surface area contributed by atoms with E-state index in [9.17, 15) is 4.79 Å². The van der Waals surface area contributed by atoms with Crippen molar-refractivity contribution in [1.29, 1.82) is 0 Å². The summed E-state index contributed by atoms with van der Waals surface area (Å²) in [5.41, 5.74) is 4.91. The third kappa shape index (κ3) is 4.18. The average molecular weight is 367 g/mol. The molecule has 0 spiro atoms. The van der Waals surface area contributed by atoms with Crippen LogP contribution >= 0.6 is 11.6 Å². The van der Waals surface area contributed by atoms with Crippen molar-refractivity contribution in [2.45, 2.75) is 20.8 Å². The van der Waals surface area contributed by atoms with E-state index in [4.69, 9.17) is 11.6 Å². The fourth-order valence-electron chi connectivity index (χ4n) is 2.63. The minimum atomic E-state index is -0.306. The van der Waals surface area contributed by atoms with E-state index >= 15 is 0 Å². The van der Waals surface area contributed by atoms with Crippen molar-refractivity contribution in [1.82, 2.24) is 9.97 Å². The topological polar surface area (TPSA) is 66.9 Å². The van der Waals surface area contributed by atoms with E-state index in [0.29, 0.717) is 10.8 Å². The van der Waals surface area contributed by atoms with Crippen molar-refractivity contribution < 1.29 is 4.79 Å². The number of nitrogens with zero attached hydrogens (tertiary/aromatic N) is 2. The molecule has 132 valence electrons. The Morgan fingerprint density at radius 2 is 1.81 bits per heavy atom. The summed E-state index contributed by atoms with van der Waals surface area (Å²) in [6.45, 7) is 5.93. The summed E-state index contributed by atoms with van der Waals surface area (Å²) in [4.78, 5) is 20.7. The van der Waals surface area contributed by atoms with Crippen LogP contribution in [-0.2, 0) is 0 Å². The number of hydrogen-bond donors (Lipinski definition) is 2. The maximum Gasteiger partial charge on any atom is 0.275 e. The molecule has 3 aromatic rings. The molecule has 0 unspecified atom stereocenters. The van der Waals surface area contributed by atoms with Crippen molar-refractivity contribution in [2.24, 2.45) is 0 Å². The summed E-state index contributed by atoms with van der Waals surface area (Å²) in [6, 6.07) is 11.5. The van der Waals surface area contributed by atoms with Crippen molar-refractivity contribution >= 4 is 34.7 Å². The Bertz CT molecular complexity index is 931. The van der Waals surface area contributed by atoms with Gasteiger partial charge in [-0.25, -0.2) is 9.97 Å². The third-order valence-corrected chi connectivity index (χ3v) is 4.14. The molecule has 0 aliphatic rings. The number of carbonyl (C=O) groups is 1. The van der Waals surface area contributed by atoms with E-state index in [1.165, 1.54) is 12.4 Å². The molecular formula is C20H19ClN4O. The van der Waals surface area contributed by atoms with Gasteiger partial charge in [0.05, 0.1) is 23.1 Å². The zero-order valence-electron chi connectivity index (χ0n) is 14.8. The van der Waals surface area contributed by atoms with Gasteiger partial charge in [0.25, 0.3) is 5.91 Å². The molecule has 0 saturated heterocycles. The molecule has 0 aliphatic heterocycles. The molecule has 1 heterocycles.